The maximum absolute atomic E-state index is 12.6. The largest absolute Gasteiger partial charge is 0.398 e. The van der Waals surface area contributed by atoms with E-state index in [4.69, 9.17) is 17.3 Å². The Kier molecular flexibility index (Phi) is 4.07. The monoisotopic (exact) mass is 320 g/mol. The summed E-state index contributed by atoms with van der Waals surface area (Å²) < 4.78 is 26.6. The molecule has 7 heteroatoms. The number of sulfonamides is 1. The predicted molar refractivity (Wildman–Crippen MR) is 81.2 cm³/mol. The topological polar surface area (TPSA) is 63.4 Å². The molecule has 0 aromatic heterocycles. The SMILES string of the molecule is CC1(C)CN(S(=O)(=O)c2ccc(N)c(Cl)c2)CCS1. The van der Waals surface area contributed by atoms with Gasteiger partial charge >= 0.3 is 0 Å². The van der Waals surface area contributed by atoms with Gasteiger partial charge in [-0.15, -0.1) is 0 Å². The van der Waals surface area contributed by atoms with Gasteiger partial charge < -0.3 is 5.73 Å². The highest BCUT2D eigenvalue weighted by molar-refractivity contribution is 8.00. The van der Waals surface area contributed by atoms with E-state index in [1.807, 2.05) is 0 Å². The summed E-state index contributed by atoms with van der Waals surface area (Å²) in [5, 5.41) is 0.270. The lowest BCUT2D eigenvalue weighted by Gasteiger charge is -2.36. The Labute approximate surface area is 123 Å². The molecule has 0 bridgehead atoms. The third kappa shape index (κ3) is 3.18. The molecule has 0 aliphatic carbocycles. The zero-order valence-corrected chi connectivity index (χ0v) is 13.3. The van der Waals surface area contributed by atoms with Gasteiger partial charge in [0.2, 0.25) is 10.0 Å². The van der Waals surface area contributed by atoms with Crippen molar-refractivity contribution >= 4 is 39.1 Å². The van der Waals surface area contributed by atoms with Crippen LogP contribution in [0.5, 0.6) is 0 Å². The van der Waals surface area contributed by atoms with Gasteiger partial charge in [0.1, 0.15) is 0 Å². The molecule has 0 atom stereocenters. The van der Waals surface area contributed by atoms with Crippen LogP contribution in [0.3, 0.4) is 0 Å². The van der Waals surface area contributed by atoms with Gasteiger partial charge in [-0.3, -0.25) is 0 Å². The van der Waals surface area contributed by atoms with Crippen LogP contribution in [0.25, 0.3) is 0 Å². The summed E-state index contributed by atoms with van der Waals surface area (Å²) in [4.78, 5) is 0.203. The summed E-state index contributed by atoms with van der Waals surface area (Å²) >= 11 is 7.69. The van der Waals surface area contributed by atoms with E-state index in [2.05, 4.69) is 13.8 Å². The number of nitrogen functional groups attached to an aromatic ring is 1. The summed E-state index contributed by atoms with van der Waals surface area (Å²) in [6, 6.07) is 4.45. The second kappa shape index (κ2) is 5.16. The van der Waals surface area contributed by atoms with Crippen molar-refractivity contribution in [3.8, 4) is 0 Å². The quantitative estimate of drug-likeness (QED) is 0.850. The minimum atomic E-state index is -3.49. The number of hydrogen-bond donors (Lipinski definition) is 1. The van der Waals surface area contributed by atoms with Crippen molar-refractivity contribution in [2.24, 2.45) is 0 Å². The van der Waals surface area contributed by atoms with E-state index < -0.39 is 10.0 Å². The standard InChI is InChI=1S/C12H17ClN2O2S2/c1-12(2)8-15(5-6-18-12)19(16,17)9-3-4-11(14)10(13)7-9/h3-4,7H,5-6,8,14H2,1-2H3. The van der Waals surface area contributed by atoms with E-state index in [0.29, 0.717) is 18.8 Å². The van der Waals surface area contributed by atoms with E-state index in [-0.39, 0.29) is 14.7 Å². The molecule has 2 N–H and O–H groups in total. The molecule has 1 aliphatic heterocycles. The van der Waals surface area contributed by atoms with Crippen LogP contribution in [0.2, 0.25) is 5.02 Å². The van der Waals surface area contributed by atoms with Gasteiger partial charge in [0.05, 0.1) is 15.6 Å². The molecule has 1 saturated heterocycles. The molecule has 106 valence electrons. The van der Waals surface area contributed by atoms with Crippen LogP contribution in [0.4, 0.5) is 5.69 Å². The Morgan fingerprint density at radius 2 is 2.11 bits per heavy atom. The highest BCUT2D eigenvalue weighted by atomic mass is 35.5. The van der Waals surface area contributed by atoms with Crippen LogP contribution in [0, 0.1) is 0 Å². The average molecular weight is 321 g/mol. The number of nitrogens with zero attached hydrogens (tertiary/aromatic N) is 1. The molecule has 1 aliphatic rings. The number of hydrogen-bond acceptors (Lipinski definition) is 4. The second-order valence-corrected chi connectivity index (χ2v) is 9.28. The Bertz CT molecular complexity index is 587. The molecule has 1 fully saturated rings. The fourth-order valence-electron chi connectivity index (χ4n) is 2.00. The van der Waals surface area contributed by atoms with E-state index in [1.165, 1.54) is 22.5 Å². The van der Waals surface area contributed by atoms with Crippen molar-refractivity contribution in [3.63, 3.8) is 0 Å². The number of rotatable bonds is 2. The highest BCUT2D eigenvalue weighted by Gasteiger charge is 2.34. The minimum absolute atomic E-state index is 0.0665. The number of anilines is 1. The zero-order valence-electron chi connectivity index (χ0n) is 10.9. The molecule has 4 nitrogen and oxygen atoms in total. The first-order valence-corrected chi connectivity index (χ1v) is 8.72. The first-order chi connectivity index (χ1) is 8.72. The molecule has 2 rings (SSSR count). The summed E-state index contributed by atoms with van der Waals surface area (Å²) in [5.74, 6) is 0.801. The number of thioether (sulfide) groups is 1. The zero-order chi connectivity index (χ0) is 14.3. The molecule has 0 unspecified atom stereocenters. The fraction of sp³-hybridized carbons (Fsp3) is 0.500. The van der Waals surface area contributed by atoms with Gasteiger partial charge in [0.15, 0.2) is 0 Å². The van der Waals surface area contributed by atoms with Crippen LogP contribution in [-0.4, -0.2) is 36.3 Å². The number of halogens is 1. The summed E-state index contributed by atoms with van der Waals surface area (Å²) in [5.41, 5.74) is 5.99. The van der Waals surface area contributed by atoms with Crippen LogP contribution in [0.15, 0.2) is 23.1 Å². The van der Waals surface area contributed by atoms with Gasteiger partial charge in [0, 0.05) is 23.6 Å². The van der Waals surface area contributed by atoms with Gasteiger partial charge in [-0.25, -0.2) is 8.42 Å². The molecule has 0 saturated carbocycles. The van der Waals surface area contributed by atoms with E-state index in [9.17, 15) is 8.42 Å². The van der Waals surface area contributed by atoms with Crippen LogP contribution in [0.1, 0.15) is 13.8 Å². The maximum Gasteiger partial charge on any atom is 0.243 e. The molecule has 1 aromatic rings. The summed E-state index contributed by atoms with van der Waals surface area (Å²) in [6.45, 7) is 5.13. The van der Waals surface area contributed by atoms with Crippen molar-refractivity contribution in [1.29, 1.82) is 0 Å². The Morgan fingerprint density at radius 3 is 2.68 bits per heavy atom. The molecular formula is C12H17ClN2O2S2. The van der Waals surface area contributed by atoms with E-state index in [1.54, 1.807) is 11.8 Å². The van der Waals surface area contributed by atoms with E-state index >= 15 is 0 Å². The first kappa shape index (κ1) is 15.0. The fourth-order valence-corrected chi connectivity index (χ4v) is 5.18. The van der Waals surface area contributed by atoms with Crippen LogP contribution >= 0.6 is 23.4 Å². The lowest BCUT2D eigenvalue weighted by Crippen LogP contribution is -2.46. The van der Waals surface area contributed by atoms with E-state index in [0.717, 1.165) is 5.75 Å². The molecule has 0 amide bonds. The Balaban J connectivity index is 2.34. The molecule has 1 heterocycles. The Hall–Kier alpha value is -0.430. The Morgan fingerprint density at radius 1 is 1.42 bits per heavy atom. The third-order valence-electron chi connectivity index (χ3n) is 3.00. The highest BCUT2D eigenvalue weighted by Crippen LogP contribution is 2.33. The van der Waals surface area contributed by atoms with Crippen molar-refractivity contribution in [3.05, 3.63) is 23.2 Å². The van der Waals surface area contributed by atoms with Crippen LogP contribution < -0.4 is 5.73 Å². The number of nitrogens with two attached hydrogens (primary N) is 1. The number of benzene rings is 1. The first-order valence-electron chi connectivity index (χ1n) is 5.91. The smallest absolute Gasteiger partial charge is 0.243 e. The molecular weight excluding hydrogens is 304 g/mol. The predicted octanol–water partition coefficient (Wildman–Crippen LogP) is 2.44. The van der Waals surface area contributed by atoms with Crippen molar-refractivity contribution < 1.29 is 8.42 Å². The maximum atomic E-state index is 12.6. The van der Waals surface area contributed by atoms with Crippen molar-refractivity contribution in [2.75, 3.05) is 24.6 Å². The van der Waals surface area contributed by atoms with Gasteiger partial charge in [0.25, 0.3) is 0 Å². The molecule has 0 spiro atoms. The van der Waals surface area contributed by atoms with Gasteiger partial charge in [-0.1, -0.05) is 11.6 Å². The summed E-state index contributed by atoms with van der Waals surface area (Å²) in [6.07, 6.45) is 0. The minimum Gasteiger partial charge on any atom is -0.398 e. The van der Waals surface area contributed by atoms with Gasteiger partial charge in [-0.2, -0.15) is 16.1 Å². The molecule has 1 aromatic carbocycles. The normalized spacial score (nSPS) is 20.4. The lowest BCUT2D eigenvalue weighted by molar-refractivity contribution is 0.387. The molecule has 0 radical (unpaired) electrons. The van der Waals surface area contributed by atoms with Crippen molar-refractivity contribution in [2.45, 2.75) is 23.5 Å². The molecule has 19 heavy (non-hydrogen) atoms. The second-order valence-electron chi connectivity index (χ2n) is 5.13. The van der Waals surface area contributed by atoms with Crippen LogP contribution in [-0.2, 0) is 10.0 Å². The summed E-state index contributed by atoms with van der Waals surface area (Å²) in [7, 11) is -3.49. The lowest BCUT2D eigenvalue weighted by atomic mass is 10.2. The van der Waals surface area contributed by atoms with Crippen molar-refractivity contribution in [1.82, 2.24) is 4.31 Å². The third-order valence-corrected chi connectivity index (χ3v) is 6.47. The average Bonchev–Trinajstić information content (AvgIpc) is 2.31. The van der Waals surface area contributed by atoms with Gasteiger partial charge in [-0.05, 0) is 32.0 Å².